The number of nitrogens with zero attached hydrogens (tertiary/aromatic N) is 3. The van der Waals surface area contributed by atoms with Gasteiger partial charge in [0.2, 0.25) is 0 Å². The first-order valence-electron chi connectivity index (χ1n) is 10.9. The van der Waals surface area contributed by atoms with Crippen molar-refractivity contribution in [1.29, 1.82) is 0 Å². The van der Waals surface area contributed by atoms with E-state index in [1.807, 2.05) is 42.5 Å². The minimum absolute atomic E-state index is 0.673. The Morgan fingerprint density at radius 1 is 1.03 bits per heavy atom. The zero-order valence-electron chi connectivity index (χ0n) is 18.0. The van der Waals surface area contributed by atoms with Gasteiger partial charge in [-0.25, -0.2) is 0 Å². The maximum absolute atomic E-state index is 10.6. The van der Waals surface area contributed by atoms with Crippen LogP contribution in [0.1, 0.15) is 23.2 Å². The fourth-order valence-corrected chi connectivity index (χ4v) is 4.38. The number of para-hydroxylation sites is 1. The van der Waals surface area contributed by atoms with E-state index in [0.29, 0.717) is 5.56 Å². The summed E-state index contributed by atoms with van der Waals surface area (Å²) in [5.74, 6) is 1.07. The Labute approximate surface area is 189 Å². The quantitative estimate of drug-likeness (QED) is 0.444. The minimum Gasteiger partial charge on any atom is -0.326 e. The topological polar surface area (TPSA) is 48.5 Å². The number of pyridine rings is 1. The molecule has 0 radical (unpaired) electrons. The number of hydrogen-bond acceptors (Lipinski definition) is 6. The van der Waals surface area contributed by atoms with Gasteiger partial charge in [0.05, 0.1) is 10.4 Å². The highest BCUT2D eigenvalue weighted by Gasteiger charge is 2.25. The highest BCUT2D eigenvalue weighted by atomic mass is 32.2. The van der Waals surface area contributed by atoms with E-state index in [0.717, 1.165) is 33.7 Å². The van der Waals surface area contributed by atoms with Crippen molar-refractivity contribution in [2.75, 3.05) is 44.5 Å². The van der Waals surface area contributed by atoms with E-state index in [1.54, 1.807) is 18.3 Å². The third-order valence-corrected chi connectivity index (χ3v) is 6.62. The van der Waals surface area contributed by atoms with Gasteiger partial charge in [-0.3, -0.25) is 9.78 Å². The molecule has 0 unspecified atom stereocenters. The van der Waals surface area contributed by atoms with Crippen LogP contribution in [0.2, 0.25) is 0 Å². The molecule has 5 nitrogen and oxygen atoms in total. The van der Waals surface area contributed by atoms with Crippen molar-refractivity contribution in [3.05, 3.63) is 66.4 Å². The van der Waals surface area contributed by atoms with Gasteiger partial charge in [-0.15, -0.1) is 0 Å². The largest absolute Gasteiger partial charge is 0.326 e. The highest BCUT2D eigenvalue weighted by Crippen LogP contribution is 2.30. The Morgan fingerprint density at radius 3 is 2.48 bits per heavy atom. The molecule has 3 aromatic rings. The molecule has 0 spiro atoms. The number of likely N-dealkylation sites (N-methyl/N-ethyl adjacent to an activating group) is 1. The molecule has 1 saturated carbocycles. The van der Waals surface area contributed by atoms with Crippen LogP contribution in [0.25, 0.3) is 10.9 Å². The monoisotopic (exact) mass is 434 g/mol. The standard InChI is InChI=1S/C16H12N2OS.C9H18N2/c19-11-12-6-8-14(9-7-12)18-20-15-5-1-3-13-4-2-10-17-16(13)15;1-10-4-6-11(7-5-10)8-9-2-3-9/h1-11,18H;9H,2-8H2,1H3. The number of anilines is 1. The Bertz CT molecular complexity index is 977. The smallest absolute Gasteiger partial charge is 0.150 e. The van der Waals surface area contributed by atoms with Crippen LogP contribution < -0.4 is 4.72 Å². The summed E-state index contributed by atoms with van der Waals surface area (Å²) in [6.45, 7) is 6.52. The van der Waals surface area contributed by atoms with Crippen LogP contribution in [-0.4, -0.2) is 60.8 Å². The highest BCUT2D eigenvalue weighted by molar-refractivity contribution is 8.00. The van der Waals surface area contributed by atoms with Crippen LogP contribution in [-0.2, 0) is 0 Å². The van der Waals surface area contributed by atoms with Gasteiger partial charge in [0.15, 0.2) is 0 Å². The first-order valence-corrected chi connectivity index (χ1v) is 11.8. The molecule has 1 saturated heterocycles. The summed E-state index contributed by atoms with van der Waals surface area (Å²) in [5, 5.41) is 1.12. The molecular weight excluding hydrogens is 404 g/mol. The molecule has 2 fully saturated rings. The average Bonchev–Trinajstić information content (AvgIpc) is 3.64. The molecule has 5 rings (SSSR count). The molecule has 2 heterocycles. The molecule has 2 aromatic carbocycles. The van der Waals surface area contributed by atoms with Crippen molar-refractivity contribution in [3.8, 4) is 0 Å². The number of aldehydes is 1. The lowest BCUT2D eigenvalue weighted by atomic mass is 10.2. The number of piperazine rings is 1. The van der Waals surface area contributed by atoms with Gasteiger partial charge in [0.1, 0.15) is 6.29 Å². The van der Waals surface area contributed by atoms with Crippen LogP contribution in [0.4, 0.5) is 5.69 Å². The molecule has 2 aliphatic rings. The lowest BCUT2D eigenvalue weighted by molar-refractivity contribution is 0.112. The molecule has 1 aliphatic heterocycles. The van der Waals surface area contributed by atoms with Crippen molar-refractivity contribution >= 4 is 34.8 Å². The number of fused-ring (bicyclic) bond motifs is 1. The number of aromatic nitrogens is 1. The van der Waals surface area contributed by atoms with Crippen molar-refractivity contribution in [2.24, 2.45) is 5.92 Å². The van der Waals surface area contributed by atoms with Crippen molar-refractivity contribution in [2.45, 2.75) is 17.7 Å². The fourth-order valence-electron chi connectivity index (χ4n) is 3.60. The van der Waals surface area contributed by atoms with Gasteiger partial charge in [-0.1, -0.05) is 18.2 Å². The summed E-state index contributed by atoms with van der Waals surface area (Å²) >= 11 is 1.52. The number of rotatable bonds is 6. The summed E-state index contributed by atoms with van der Waals surface area (Å²) in [7, 11) is 2.22. The molecule has 1 N–H and O–H groups in total. The molecule has 162 valence electrons. The van der Waals surface area contributed by atoms with Gasteiger partial charge < -0.3 is 14.5 Å². The zero-order valence-corrected chi connectivity index (χ0v) is 18.9. The summed E-state index contributed by atoms with van der Waals surface area (Å²) in [6, 6.07) is 17.4. The molecule has 0 amide bonds. The maximum atomic E-state index is 10.6. The van der Waals surface area contributed by atoms with E-state index in [1.165, 1.54) is 57.5 Å². The van der Waals surface area contributed by atoms with Crippen LogP contribution in [0.15, 0.2) is 65.7 Å². The molecule has 0 bridgehead atoms. The molecule has 31 heavy (non-hydrogen) atoms. The normalized spacial score (nSPS) is 17.1. The van der Waals surface area contributed by atoms with Crippen molar-refractivity contribution in [3.63, 3.8) is 0 Å². The molecule has 0 atom stereocenters. The molecular formula is C25H30N4OS. The van der Waals surface area contributed by atoms with Gasteiger partial charge in [-0.05, 0) is 74.2 Å². The second-order valence-corrected chi connectivity index (χ2v) is 9.17. The van der Waals surface area contributed by atoms with E-state index in [4.69, 9.17) is 0 Å². The Hall–Kier alpha value is -2.41. The van der Waals surface area contributed by atoms with E-state index >= 15 is 0 Å². The van der Waals surface area contributed by atoms with Gasteiger partial charge in [0, 0.05) is 55.6 Å². The minimum atomic E-state index is 0.673. The Kier molecular flexibility index (Phi) is 7.57. The Morgan fingerprint density at radius 2 is 1.77 bits per heavy atom. The summed E-state index contributed by atoms with van der Waals surface area (Å²) in [5.41, 5.74) is 2.61. The summed E-state index contributed by atoms with van der Waals surface area (Å²) in [6.07, 6.45) is 5.62. The molecule has 6 heteroatoms. The van der Waals surface area contributed by atoms with Crippen molar-refractivity contribution in [1.82, 2.24) is 14.8 Å². The van der Waals surface area contributed by atoms with E-state index in [2.05, 4.69) is 26.6 Å². The van der Waals surface area contributed by atoms with Crippen LogP contribution in [0.5, 0.6) is 0 Å². The number of carbonyl (C=O) groups excluding carboxylic acids is 1. The zero-order chi connectivity index (χ0) is 21.5. The first kappa shape index (κ1) is 21.8. The first-order chi connectivity index (χ1) is 15.2. The van der Waals surface area contributed by atoms with Crippen LogP contribution >= 0.6 is 11.9 Å². The van der Waals surface area contributed by atoms with Crippen LogP contribution in [0.3, 0.4) is 0 Å². The van der Waals surface area contributed by atoms with Gasteiger partial charge >= 0.3 is 0 Å². The van der Waals surface area contributed by atoms with Crippen LogP contribution in [0, 0.1) is 5.92 Å². The molecule has 1 aromatic heterocycles. The summed E-state index contributed by atoms with van der Waals surface area (Å²) in [4.78, 5) is 21.1. The van der Waals surface area contributed by atoms with E-state index in [9.17, 15) is 4.79 Å². The predicted octanol–water partition coefficient (Wildman–Crippen LogP) is 4.81. The SMILES string of the molecule is CN1CCN(CC2CC2)CC1.O=Cc1ccc(NSc2cccc3cccnc23)cc1. The van der Waals surface area contributed by atoms with Gasteiger partial charge in [-0.2, -0.15) is 0 Å². The summed E-state index contributed by atoms with van der Waals surface area (Å²) < 4.78 is 3.27. The second-order valence-electron chi connectivity index (χ2n) is 8.32. The van der Waals surface area contributed by atoms with Gasteiger partial charge in [0.25, 0.3) is 0 Å². The number of hydrogen-bond donors (Lipinski definition) is 1. The predicted molar refractivity (Wildman–Crippen MR) is 130 cm³/mol. The lowest BCUT2D eigenvalue weighted by Gasteiger charge is -2.32. The van der Waals surface area contributed by atoms with E-state index in [-0.39, 0.29) is 0 Å². The maximum Gasteiger partial charge on any atom is 0.150 e. The van der Waals surface area contributed by atoms with Crippen molar-refractivity contribution < 1.29 is 4.79 Å². The Balaban J connectivity index is 0.000000177. The fraction of sp³-hybridized carbons (Fsp3) is 0.360. The second kappa shape index (κ2) is 10.8. The third kappa shape index (κ3) is 6.53. The lowest BCUT2D eigenvalue weighted by Crippen LogP contribution is -2.45. The third-order valence-electron chi connectivity index (χ3n) is 5.73. The number of carbonyl (C=O) groups is 1. The average molecular weight is 435 g/mol. The number of benzene rings is 2. The van der Waals surface area contributed by atoms with E-state index < -0.39 is 0 Å². The number of nitrogens with one attached hydrogen (secondary N) is 1. The molecule has 1 aliphatic carbocycles.